The molecule has 3 N–H and O–H groups in total. The second-order valence-electron chi connectivity index (χ2n) is 21.7. The van der Waals surface area contributed by atoms with Crippen molar-refractivity contribution < 1.29 is 62.8 Å². The molecule has 2 aromatic rings. The van der Waals surface area contributed by atoms with Crippen LogP contribution in [0.4, 0.5) is 0 Å². The number of nitrogens with zero attached hydrogens (tertiary/aromatic N) is 3. The van der Waals surface area contributed by atoms with Gasteiger partial charge in [0.1, 0.15) is 17.8 Å². The SMILES string of the molecule is CO[C@]1(C)C[C@@H](C)/C(=N\C(C)=O)[C@H](C)[C@@H](OC/C=C/c2cnc3ccccc3c2)[C@](C)(O)[C@@H](I)OC(=O)[C@H](C)[C@@H](O[C@H]2C[C@@](C)(OC)[C@@H](O)[C@H](C)O2)[C@H](C)[C@H]1O[C@@H]1O[C@H](C)C[C@H](N(C)C(C)(C)C)[C@H]1O. The van der Waals surface area contributed by atoms with Crippen LogP contribution in [-0.2, 0) is 47.5 Å². The fourth-order valence-corrected chi connectivity index (χ4v) is 11.2. The molecular weight excluding hydrogens is 1010 g/mol. The number of esters is 1. The van der Waals surface area contributed by atoms with Gasteiger partial charge in [-0.2, -0.15) is 0 Å². The number of pyridine rings is 1. The molecule has 5 rings (SSSR count). The van der Waals surface area contributed by atoms with Gasteiger partial charge in [-0.3, -0.25) is 19.5 Å². The molecule has 17 heteroatoms. The summed E-state index contributed by atoms with van der Waals surface area (Å²) < 4.78 is 50.9. The zero-order valence-electron chi connectivity index (χ0n) is 44.3. The Morgan fingerprint density at radius 1 is 0.971 bits per heavy atom. The zero-order valence-corrected chi connectivity index (χ0v) is 46.4. The third-order valence-electron chi connectivity index (χ3n) is 15.1. The third-order valence-corrected chi connectivity index (χ3v) is 16.6. The van der Waals surface area contributed by atoms with Crippen LogP contribution in [0.25, 0.3) is 17.0 Å². The first-order chi connectivity index (χ1) is 32.6. The van der Waals surface area contributed by atoms with Crippen molar-refractivity contribution in [2.24, 2.45) is 28.7 Å². The van der Waals surface area contributed by atoms with Crippen LogP contribution < -0.4 is 0 Å². The number of rotatable bonds is 11. The Balaban J connectivity index is 1.63. The lowest BCUT2D eigenvalue weighted by Crippen LogP contribution is -2.62. The molecule has 3 aliphatic heterocycles. The van der Waals surface area contributed by atoms with E-state index in [0.717, 1.165) is 16.5 Å². The minimum absolute atomic E-state index is 0.0367. The van der Waals surface area contributed by atoms with E-state index in [9.17, 15) is 24.9 Å². The van der Waals surface area contributed by atoms with Gasteiger partial charge in [-0.1, -0.05) is 51.1 Å². The Hall–Kier alpha value is -2.53. The number of para-hydroxylation sites is 1. The average Bonchev–Trinajstić information content (AvgIpc) is 3.29. The summed E-state index contributed by atoms with van der Waals surface area (Å²) in [6.45, 7) is 23.9. The van der Waals surface area contributed by atoms with E-state index in [2.05, 4.69) is 35.6 Å². The second kappa shape index (κ2) is 23.8. The molecule has 1 aromatic heterocycles. The predicted octanol–water partition coefficient (Wildman–Crippen LogP) is 7.30. The van der Waals surface area contributed by atoms with E-state index in [1.54, 1.807) is 41.0 Å². The maximum Gasteiger partial charge on any atom is 0.312 e. The first-order valence-electron chi connectivity index (χ1n) is 24.7. The number of aromatic nitrogens is 1. The van der Waals surface area contributed by atoms with Gasteiger partial charge in [-0.15, -0.1) is 0 Å². The summed E-state index contributed by atoms with van der Waals surface area (Å²) in [5.74, 6) is -4.15. The van der Waals surface area contributed by atoms with Crippen molar-refractivity contribution >= 4 is 57.2 Å². The Morgan fingerprint density at radius 3 is 2.26 bits per heavy atom. The fourth-order valence-electron chi connectivity index (χ4n) is 10.6. The quantitative estimate of drug-likeness (QED) is 0.115. The summed E-state index contributed by atoms with van der Waals surface area (Å²) in [5.41, 5.74) is -2.32. The van der Waals surface area contributed by atoms with Gasteiger partial charge in [-0.05, 0) is 128 Å². The van der Waals surface area contributed by atoms with E-state index in [0.29, 0.717) is 12.1 Å². The summed E-state index contributed by atoms with van der Waals surface area (Å²) in [7, 11) is 5.07. The van der Waals surface area contributed by atoms with Crippen molar-refractivity contribution in [2.45, 2.75) is 197 Å². The Kier molecular flexibility index (Phi) is 19.8. The Morgan fingerprint density at radius 2 is 1.63 bits per heavy atom. The number of ether oxygens (including phenoxy) is 8. The molecule has 70 heavy (non-hydrogen) atoms. The van der Waals surface area contributed by atoms with Gasteiger partial charge in [-0.25, -0.2) is 4.99 Å². The highest BCUT2D eigenvalue weighted by Crippen LogP contribution is 2.43. The van der Waals surface area contributed by atoms with Gasteiger partial charge in [0.15, 0.2) is 16.7 Å². The molecule has 0 radical (unpaired) electrons. The van der Waals surface area contributed by atoms with E-state index in [1.165, 1.54) is 14.0 Å². The Bertz CT molecular complexity index is 2140. The van der Waals surface area contributed by atoms with Crippen molar-refractivity contribution in [1.82, 2.24) is 9.88 Å². The van der Waals surface area contributed by atoms with Gasteiger partial charge in [0.2, 0.25) is 5.91 Å². The van der Waals surface area contributed by atoms with Gasteiger partial charge < -0.3 is 53.2 Å². The first-order valence-corrected chi connectivity index (χ1v) is 25.9. The molecule has 16 nitrogen and oxygen atoms in total. The maximum atomic E-state index is 14.8. The monoisotopic (exact) mass is 1100 g/mol. The van der Waals surface area contributed by atoms with E-state index in [4.69, 9.17) is 37.9 Å². The normalized spacial score (nSPS) is 40.4. The van der Waals surface area contributed by atoms with Gasteiger partial charge in [0, 0.05) is 68.3 Å². The molecular formula is C53H82IN3O13. The largest absolute Gasteiger partial charge is 0.448 e. The van der Waals surface area contributed by atoms with Gasteiger partial charge in [0.25, 0.3) is 0 Å². The van der Waals surface area contributed by atoms with Crippen molar-refractivity contribution in [1.29, 1.82) is 0 Å². The predicted molar refractivity (Wildman–Crippen MR) is 276 cm³/mol. The molecule has 3 aliphatic rings. The molecule has 0 unspecified atom stereocenters. The third kappa shape index (κ3) is 13.4. The number of carbonyl (C=O) groups excluding carboxylic acids is 2. The number of aliphatic imine (C=N–C) groups is 1. The van der Waals surface area contributed by atoms with E-state index in [1.807, 2.05) is 107 Å². The van der Waals surface area contributed by atoms with E-state index < -0.39 is 106 Å². The van der Waals surface area contributed by atoms with E-state index in [-0.39, 0.29) is 37.1 Å². The number of benzene rings is 1. The molecule has 394 valence electrons. The molecule has 0 saturated carbocycles. The molecule has 3 fully saturated rings. The number of aliphatic hydroxyl groups is 3. The summed E-state index contributed by atoms with van der Waals surface area (Å²) in [6, 6.07) is 9.50. The number of halogens is 1. The number of methoxy groups -OCH3 is 2. The highest BCUT2D eigenvalue weighted by atomic mass is 127. The minimum atomic E-state index is -1.85. The number of hydrogen-bond acceptors (Lipinski definition) is 15. The summed E-state index contributed by atoms with van der Waals surface area (Å²) >= 11 is 1.92. The number of amides is 1. The van der Waals surface area contributed by atoms with Crippen LogP contribution >= 0.6 is 22.6 Å². The number of likely N-dealkylation sites (N-methyl/N-ethyl adjacent to an activating group) is 1. The smallest absolute Gasteiger partial charge is 0.312 e. The minimum Gasteiger partial charge on any atom is -0.448 e. The van der Waals surface area contributed by atoms with Gasteiger partial charge >= 0.3 is 5.97 Å². The van der Waals surface area contributed by atoms with Crippen LogP contribution in [0.5, 0.6) is 0 Å². The number of aliphatic hydroxyl groups excluding tert-OH is 2. The number of alkyl halides is 1. The number of hydrogen-bond donors (Lipinski definition) is 3. The van der Waals surface area contributed by atoms with Gasteiger partial charge in [0.05, 0.1) is 59.8 Å². The highest BCUT2D eigenvalue weighted by molar-refractivity contribution is 14.1. The topological polar surface area (TPSA) is 197 Å². The second-order valence-corrected chi connectivity index (χ2v) is 22.8. The van der Waals surface area contributed by atoms with Crippen molar-refractivity contribution in [3.05, 3.63) is 48.2 Å². The summed E-state index contributed by atoms with van der Waals surface area (Å²) in [6.07, 6.45) is -1.96. The first kappa shape index (κ1) is 58.4. The summed E-state index contributed by atoms with van der Waals surface area (Å²) in [5, 5.41) is 37.0. The lowest BCUT2D eigenvalue weighted by atomic mass is 9.74. The van der Waals surface area contributed by atoms with Crippen LogP contribution in [0.3, 0.4) is 0 Å². The zero-order chi connectivity index (χ0) is 52.3. The standard InChI is InChI=1S/C53H82IN3O13/c1-29-26-52(12,64-16)45(69-48-42(59)39(24-30(2)66-48)57(14)50(8,9)10)32(4)43(68-40-27-51(11,63-15)44(60)34(6)67-40)33(5)47(61)70-49(54)53(13,62)46(31(3)41(29)56-35(7)58)65-23-19-20-36-25-37-21-17-18-22-38(37)55-28-36/h17-22,25,28-34,39-40,42-46,48-49,59-60,62H,23-24,26-27H2,1-16H3/b20-19+,56-41+/t29-,30-,31+,32+,33-,34+,39+,40+,42-,43+,44+,45-,46-,48+,49+,51-,52-,53+/m1/s1. The molecule has 0 aliphatic carbocycles. The average molecular weight is 1100 g/mol. The molecule has 18 atom stereocenters. The van der Waals surface area contributed by atoms with Crippen LogP contribution in [0.2, 0.25) is 0 Å². The Labute approximate surface area is 429 Å². The molecule has 0 spiro atoms. The van der Waals surface area contributed by atoms with Crippen molar-refractivity contribution in [2.75, 3.05) is 27.9 Å². The summed E-state index contributed by atoms with van der Waals surface area (Å²) in [4.78, 5) is 39.2. The maximum absolute atomic E-state index is 14.8. The highest BCUT2D eigenvalue weighted by Gasteiger charge is 2.54. The van der Waals surface area contributed by atoms with E-state index >= 15 is 0 Å². The molecule has 4 heterocycles. The van der Waals surface area contributed by atoms with Crippen LogP contribution in [0, 0.1) is 23.7 Å². The lowest BCUT2D eigenvalue weighted by molar-refractivity contribution is -0.320. The number of fused-ring (bicyclic) bond motifs is 1. The van der Waals surface area contributed by atoms with Crippen LogP contribution in [-0.4, -0.2) is 158 Å². The van der Waals surface area contributed by atoms with Crippen molar-refractivity contribution in [3.63, 3.8) is 0 Å². The number of carbonyl (C=O) groups is 2. The van der Waals surface area contributed by atoms with Crippen molar-refractivity contribution in [3.8, 4) is 0 Å². The number of cyclic esters (lactones) is 1. The van der Waals surface area contributed by atoms with Crippen LogP contribution in [0.15, 0.2) is 47.6 Å². The lowest BCUT2D eigenvalue weighted by Gasteiger charge is -2.51. The van der Waals surface area contributed by atoms with Crippen LogP contribution in [0.1, 0.15) is 115 Å². The molecule has 1 amide bonds. The fraction of sp³-hybridized carbons (Fsp3) is 0.736. The molecule has 0 bridgehead atoms. The molecule has 1 aromatic carbocycles. The molecule has 3 saturated heterocycles.